The predicted octanol–water partition coefficient (Wildman–Crippen LogP) is 4.23. The molecule has 0 spiro atoms. The largest absolute Gasteiger partial charge is 0.298 e. The summed E-state index contributed by atoms with van der Waals surface area (Å²) in [4.78, 5) is 0. The summed E-state index contributed by atoms with van der Waals surface area (Å²) in [5, 5.41) is 8.73. The van der Waals surface area contributed by atoms with Crippen LogP contribution in [0.2, 0.25) is 5.28 Å². The molecule has 0 aliphatic rings. The number of hydrogen-bond acceptors (Lipinski definition) is 2. The maximum absolute atomic E-state index is 6.15. The molecule has 0 radical (unpaired) electrons. The van der Waals surface area contributed by atoms with E-state index >= 15 is 0 Å². The molecule has 1 unspecified atom stereocenters. The van der Waals surface area contributed by atoms with Crippen LogP contribution in [0.1, 0.15) is 66.3 Å². The van der Waals surface area contributed by atoms with Crippen molar-refractivity contribution in [3.8, 4) is 0 Å². The van der Waals surface area contributed by atoms with Gasteiger partial charge in [-0.2, -0.15) is 0 Å². The molecule has 98 valence electrons. The quantitative estimate of drug-likeness (QED) is 0.808. The minimum atomic E-state index is -0.0216. The molecule has 0 aliphatic heterocycles. The third kappa shape index (κ3) is 3.70. The summed E-state index contributed by atoms with van der Waals surface area (Å²) in [7, 11) is 0. The lowest BCUT2D eigenvalue weighted by Crippen LogP contribution is -2.21. The van der Waals surface area contributed by atoms with Crippen molar-refractivity contribution in [2.75, 3.05) is 0 Å². The minimum Gasteiger partial charge on any atom is -0.298 e. The highest BCUT2D eigenvalue weighted by molar-refractivity contribution is 6.28. The zero-order valence-electron chi connectivity index (χ0n) is 11.8. The van der Waals surface area contributed by atoms with Gasteiger partial charge in [-0.25, -0.2) is 0 Å². The lowest BCUT2D eigenvalue weighted by atomic mass is 9.95. The average molecular weight is 258 g/mol. The zero-order valence-corrected chi connectivity index (χ0v) is 12.5. The highest BCUT2D eigenvalue weighted by Crippen LogP contribution is 2.28. The third-order valence-electron chi connectivity index (χ3n) is 2.93. The first-order valence-corrected chi connectivity index (χ1v) is 6.72. The smallest absolute Gasteiger partial charge is 0.225 e. The molecule has 1 atom stereocenters. The second-order valence-electron chi connectivity index (χ2n) is 6.23. The highest BCUT2D eigenvalue weighted by Gasteiger charge is 2.25. The number of hydrogen-bond donors (Lipinski definition) is 0. The van der Waals surface area contributed by atoms with Crippen molar-refractivity contribution >= 4 is 11.6 Å². The molecular formula is C13H24ClN3. The minimum absolute atomic E-state index is 0.0216. The SMILES string of the molecule is CC(C)CCC(C)n1c(Cl)nnc1C(C)(C)C. The summed E-state index contributed by atoms with van der Waals surface area (Å²) in [6.07, 6.45) is 2.30. The first-order chi connectivity index (χ1) is 7.73. The molecule has 0 aliphatic carbocycles. The maximum Gasteiger partial charge on any atom is 0.225 e. The molecule has 0 N–H and O–H groups in total. The van der Waals surface area contributed by atoms with Gasteiger partial charge in [0.15, 0.2) is 0 Å². The van der Waals surface area contributed by atoms with E-state index in [0.717, 1.165) is 12.2 Å². The Morgan fingerprint density at radius 1 is 1.12 bits per heavy atom. The molecule has 1 heterocycles. The lowest BCUT2D eigenvalue weighted by Gasteiger charge is -2.23. The summed E-state index contributed by atoms with van der Waals surface area (Å²) in [6.45, 7) is 13.1. The van der Waals surface area contributed by atoms with Crippen LogP contribution in [-0.4, -0.2) is 14.8 Å². The van der Waals surface area contributed by atoms with Crippen LogP contribution in [0, 0.1) is 5.92 Å². The van der Waals surface area contributed by atoms with Gasteiger partial charge in [-0.3, -0.25) is 4.57 Å². The normalized spacial score (nSPS) is 14.4. The van der Waals surface area contributed by atoms with Crippen molar-refractivity contribution in [3.05, 3.63) is 11.1 Å². The van der Waals surface area contributed by atoms with Gasteiger partial charge in [-0.05, 0) is 37.3 Å². The fraction of sp³-hybridized carbons (Fsp3) is 0.846. The summed E-state index contributed by atoms with van der Waals surface area (Å²) in [5.41, 5.74) is -0.0216. The Morgan fingerprint density at radius 3 is 2.18 bits per heavy atom. The van der Waals surface area contributed by atoms with Gasteiger partial charge in [0.05, 0.1) is 0 Å². The van der Waals surface area contributed by atoms with E-state index in [9.17, 15) is 0 Å². The first-order valence-electron chi connectivity index (χ1n) is 6.34. The molecule has 17 heavy (non-hydrogen) atoms. The molecular weight excluding hydrogens is 234 g/mol. The van der Waals surface area contributed by atoms with E-state index in [0.29, 0.717) is 17.2 Å². The summed E-state index contributed by atoms with van der Waals surface area (Å²) < 4.78 is 2.07. The molecule has 0 fully saturated rings. The van der Waals surface area contributed by atoms with Crippen molar-refractivity contribution in [2.45, 2.75) is 65.8 Å². The van der Waals surface area contributed by atoms with Crippen molar-refractivity contribution in [1.29, 1.82) is 0 Å². The monoisotopic (exact) mass is 257 g/mol. The van der Waals surface area contributed by atoms with Crippen LogP contribution < -0.4 is 0 Å². The molecule has 0 bridgehead atoms. The number of rotatable bonds is 4. The van der Waals surface area contributed by atoms with Gasteiger partial charge in [0.1, 0.15) is 5.82 Å². The van der Waals surface area contributed by atoms with Gasteiger partial charge in [-0.15, -0.1) is 10.2 Å². The molecule has 0 saturated carbocycles. The third-order valence-corrected chi connectivity index (χ3v) is 3.19. The van der Waals surface area contributed by atoms with Crippen molar-refractivity contribution < 1.29 is 0 Å². The van der Waals surface area contributed by atoms with Gasteiger partial charge in [0, 0.05) is 11.5 Å². The molecule has 0 aromatic carbocycles. The van der Waals surface area contributed by atoms with Gasteiger partial charge >= 0.3 is 0 Å². The number of nitrogens with zero attached hydrogens (tertiary/aromatic N) is 3. The van der Waals surface area contributed by atoms with E-state index in [1.165, 1.54) is 6.42 Å². The van der Waals surface area contributed by atoms with Crippen LogP contribution in [-0.2, 0) is 5.41 Å². The lowest BCUT2D eigenvalue weighted by molar-refractivity contribution is 0.402. The fourth-order valence-corrected chi connectivity index (χ4v) is 2.16. The molecule has 3 nitrogen and oxygen atoms in total. The summed E-state index contributed by atoms with van der Waals surface area (Å²) in [5.74, 6) is 1.68. The Bertz CT molecular complexity index is 363. The molecule has 1 aromatic rings. The summed E-state index contributed by atoms with van der Waals surface area (Å²) in [6, 6.07) is 0.356. The van der Waals surface area contributed by atoms with E-state index in [1.54, 1.807) is 0 Å². The topological polar surface area (TPSA) is 30.7 Å². The van der Waals surface area contributed by atoms with Crippen molar-refractivity contribution in [2.24, 2.45) is 5.92 Å². The maximum atomic E-state index is 6.15. The Hall–Kier alpha value is -0.570. The number of aromatic nitrogens is 3. The van der Waals surface area contributed by atoms with Crippen LogP contribution in [0.3, 0.4) is 0 Å². The standard InChI is InChI=1S/C13H24ClN3/c1-9(2)7-8-10(3)17-11(13(4,5)6)15-16-12(17)14/h9-10H,7-8H2,1-6H3. The fourth-order valence-electron chi connectivity index (χ4n) is 1.88. The van der Waals surface area contributed by atoms with Crippen LogP contribution >= 0.6 is 11.6 Å². The first kappa shape index (κ1) is 14.5. The van der Waals surface area contributed by atoms with Crippen LogP contribution in [0.25, 0.3) is 0 Å². The van der Waals surface area contributed by atoms with Gasteiger partial charge in [0.2, 0.25) is 5.28 Å². The molecule has 4 heteroatoms. The Kier molecular flexibility index (Phi) is 4.59. The molecule has 0 saturated heterocycles. The second kappa shape index (κ2) is 5.38. The Balaban J connectivity index is 2.92. The molecule has 0 amide bonds. The molecule has 1 aromatic heterocycles. The summed E-state index contributed by atoms with van der Waals surface area (Å²) >= 11 is 6.15. The van der Waals surface area contributed by atoms with Crippen molar-refractivity contribution in [1.82, 2.24) is 14.8 Å². The predicted molar refractivity (Wildman–Crippen MR) is 72.5 cm³/mol. The van der Waals surface area contributed by atoms with E-state index in [4.69, 9.17) is 11.6 Å². The number of halogens is 1. The van der Waals surface area contributed by atoms with E-state index in [1.807, 2.05) is 0 Å². The van der Waals surface area contributed by atoms with E-state index in [-0.39, 0.29) is 5.41 Å². The van der Waals surface area contributed by atoms with E-state index in [2.05, 4.69) is 56.3 Å². The van der Waals surface area contributed by atoms with Crippen LogP contribution in [0.5, 0.6) is 0 Å². The highest BCUT2D eigenvalue weighted by atomic mass is 35.5. The van der Waals surface area contributed by atoms with E-state index < -0.39 is 0 Å². The Labute approximate surface area is 110 Å². The van der Waals surface area contributed by atoms with Crippen LogP contribution in [0.15, 0.2) is 0 Å². The van der Waals surface area contributed by atoms with Gasteiger partial charge < -0.3 is 0 Å². The van der Waals surface area contributed by atoms with Crippen LogP contribution in [0.4, 0.5) is 0 Å². The second-order valence-corrected chi connectivity index (χ2v) is 6.57. The van der Waals surface area contributed by atoms with Gasteiger partial charge in [0.25, 0.3) is 0 Å². The average Bonchev–Trinajstić information content (AvgIpc) is 2.56. The zero-order chi connectivity index (χ0) is 13.2. The van der Waals surface area contributed by atoms with Gasteiger partial charge in [-0.1, -0.05) is 34.6 Å². The van der Waals surface area contributed by atoms with Crippen molar-refractivity contribution in [3.63, 3.8) is 0 Å². The Morgan fingerprint density at radius 2 is 1.71 bits per heavy atom. The molecule has 1 rings (SSSR count).